The molecule has 0 saturated carbocycles. The fraction of sp³-hybridized carbons (Fsp3) is 0.633. The molecule has 70 heavy (non-hydrogen) atoms. The van der Waals surface area contributed by atoms with Gasteiger partial charge >= 0.3 is 12.1 Å². The first-order valence-electron chi connectivity index (χ1n) is 23.6. The molecule has 17 nitrogen and oxygen atoms in total. The predicted molar refractivity (Wildman–Crippen MR) is 257 cm³/mol. The first-order chi connectivity index (χ1) is 32.7. The lowest BCUT2D eigenvalue weighted by Crippen LogP contribution is -2.59. The van der Waals surface area contributed by atoms with Gasteiger partial charge in [-0.2, -0.15) is 13.2 Å². The van der Waals surface area contributed by atoms with Crippen molar-refractivity contribution in [2.45, 2.75) is 141 Å². The number of methoxy groups -OCH3 is 2. The number of benzene rings is 2. The lowest BCUT2D eigenvalue weighted by molar-refractivity contribution is -0.173. The molecule has 3 rings (SSSR count). The van der Waals surface area contributed by atoms with E-state index in [-0.39, 0.29) is 53.9 Å². The third kappa shape index (κ3) is 15.9. The van der Waals surface area contributed by atoms with Gasteiger partial charge in [0.2, 0.25) is 23.6 Å². The van der Waals surface area contributed by atoms with Crippen molar-refractivity contribution in [2.75, 3.05) is 41.9 Å². The number of sulfonamides is 1. The number of nitrogens with zero attached hydrogens (tertiary/aromatic N) is 3. The van der Waals surface area contributed by atoms with Gasteiger partial charge in [-0.1, -0.05) is 97.4 Å². The summed E-state index contributed by atoms with van der Waals surface area (Å²) in [6.45, 7) is 13.0. The second-order valence-electron chi connectivity index (χ2n) is 19.0. The maximum atomic E-state index is 14.4. The average molecular weight is 1010 g/mol. The minimum absolute atomic E-state index is 0.0156. The van der Waals surface area contributed by atoms with Crippen molar-refractivity contribution in [1.29, 1.82) is 0 Å². The molecule has 1 saturated heterocycles. The van der Waals surface area contributed by atoms with Gasteiger partial charge in [0.05, 0.1) is 47.6 Å². The SMILES string of the molecule is CC[C@H](C)[C@@H]([C@@H](CC(=O)N1CCC[C@H]1[C@H](OC)[C@@H](C)C(=O)N[C@@H](Cc1ccccc1)C(=O)NS(=O)(=O)c1ccc(CNC(=O)C(F)(F)F)cc1)OC)N(C)C(=O)[C@@H](NC(=O)C(C(C)C)N(C)C)C(C)C. The van der Waals surface area contributed by atoms with Crippen LogP contribution in [0.5, 0.6) is 0 Å². The third-order valence-electron chi connectivity index (χ3n) is 13.0. The highest BCUT2D eigenvalue weighted by atomic mass is 32.2. The van der Waals surface area contributed by atoms with Crippen molar-refractivity contribution in [3.8, 4) is 0 Å². The van der Waals surface area contributed by atoms with E-state index in [0.717, 1.165) is 12.1 Å². The molecule has 392 valence electrons. The van der Waals surface area contributed by atoms with Crippen LogP contribution in [0.3, 0.4) is 0 Å². The fourth-order valence-corrected chi connectivity index (χ4v) is 10.1. The number of hydrogen-bond acceptors (Lipinski definition) is 11. The van der Waals surface area contributed by atoms with E-state index in [1.807, 2.05) is 65.3 Å². The van der Waals surface area contributed by atoms with Crippen molar-refractivity contribution in [2.24, 2.45) is 23.7 Å². The van der Waals surface area contributed by atoms with Gasteiger partial charge < -0.3 is 35.2 Å². The minimum atomic E-state index is -5.10. The van der Waals surface area contributed by atoms with Crippen LogP contribution < -0.4 is 20.7 Å². The zero-order valence-corrected chi connectivity index (χ0v) is 43.3. The van der Waals surface area contributed by atoms with E-state index in [1.54, 1.807) is 59.4 Å². The molecule has 6 amide bonds. The predicted octanol–water partition coefficient (Wildman–Crippen LogP) is 4.04. The molecular weight excluding hydrogens is 936 g/mol. The highest BCUT2D eigenvalue weighted by Gasteiger charge is 2.44. The topological polar surface area (TPSA) is 213 Å². The fourth-order valence-electron chi connectivity index (χ4n) is 9.11. The summed E-state index contributed by atoms with van der Waals surface area (Å²) < 4.78 is 78.7. The summed E-state index contributed by atoms with van der Waals surface area (Å²) in [6, 6.07) is 9.16. The Morgan fingerprint density at radius 3 is 1.94 bits per heavy atom. The summed E-state index contributed by atoms with van der Waals surface area (Å²) in [5.41, 5.74) is 0.756. The summed E-state index contributed by atoms with van der Waals surface area (Å²) in [6.07, 6.45) is -5.24. The van der Waals surface area contributed by atoms with Crippen LogP contribution in [0.25, 0.3) is 0 Å². The quantitative estimate of drug-likeness (QED) is 0.112. The first-order valence-corrected chi connectivity index (χ1v) is 25.1. The molecule has 1 fully saturated rings. The second-order valence-corrected chi connectivity index (χ2v) is 20.7. The number of halogens is 3. The van der Waals surface area contributed by atoms with E-state index in [4.69, 9.17) is 9.47 Å². The molecule has 21 heteroatoms. The largest absolute Gasteiger partial charge is 0.471 e. The van der Waals surface area contributed by atoms with Crippen LogP contribution in [0.4, 0.5) is 13.2 Å². The highest BCUT2D eigenvalue weighted by molar-refractivity contribution is 7.90. The number of likely N-dealkylation sites (N-methyl/N-ethyl adjacent to an activating group) is 2. The molecule has 4 N–H and O–H groups in total. The molecule has 9 atom stereocenters. The summed E-state index contributed by atoms with van der Waals surface area (Å²) in [5.74, 6) is -6.13. The molecule has 2 aromatic rings. The van der Waals surface area contributed by atoms with E-state index in [0.29, 0.717) is 31.4 Å². The van der Waals surface area contributed by atoms with Gasteiger partial charge in [0, 0.05) is 40.8 Å². The molecule has 1 unspecified atom stereocenters. The van der Waals surface area contributed by atoms with Crippen LogP contribution >= 0.6 is 0 Å². The van der Waals surface area contributed by atoms with Crippen LogP contribution in [0.2, 0.25) is 0 Å². The van der Waals surface area contributed by atoms with Gasteiger partial charge in [0.25, 0.3) is 15.9 Å². The van der Waals surface area contributed by atoms with Crippen molar-refractivity contribution < 1.29 is 59.8 Å². The van der Waals surface area contributed by atoms with Gasteiger partial charge in [-0.25, -0.2) is 13.1 Å². The van der Waals surface area contributed by atoms with Crippen molar-refractivity contribution in [3.05, 3.63) is 65.7 Å². The van der Waals surface area contributed by atoms with Crippen LogP contribution in [0, 0.1) is 23.7 Å². The molecule has 0 aromatic heterocycles. The number of likely N-dealkylation sites (tertiary alicyclic amines) is 1. The number of carbonyl (C=O) groups excluding carboxylic acids is 6. The highest BCUT2D eigenvalue weighted by Crippen LogP contribution is 2.30. The maximum absolute atomic E-state index is 14.4. The molecule has 0 radical (unpaired) electrons. The van der Waals surface area contributed by atoms with Crippen LogP contribution in [-0.2, 0) is 61.2 Å². The number of rotatable bonds is 25. The van der Waals surface area contributed by atoms with Gasteiger partial charge in [-0.3, -0.25) is 33.7 Å². The number of alkyl halides is 3. The van der Waals surface area contributed by atoms with Crippen molar-refractivity contribution in [1.82, 2.24) is 35.4 Å². The average Bonchev–Trinajstić information content (AvgIpc) is 3.78. The van der Waals surface area contributed by atoms with E-state index in [2.05, 4.69) is 10.6 Å². The molecule has 0 bridgehead atoms. The molecule has 1 aliphatic heterocycles. The monoisotopic (exact) mass is 1010 g/mol. The third-order valence-corrected chi connectivity index (χ3v) is 14.4. The normalized spacial score (nSPS) is 17.7. The molecular formula is C49H74F3N7O10S. The lowest BCUT2D eigenvalue weighted by atomic mass is 9.89. The molecule has 1 aliphatic rings. The summed E-state index contributed by atoms with van der Waals surface area (Å²) >= 11 is 0. The number of hydrogen-bond donors (Lipinski definition) is 4. The Labute approximate surface area is 411 Å². The number of amides is 6. The zero-order valence-electron chi connectivity index (χ0n) is 42.5. The molecule has 2 aromatic carbocycles. The van der Waals surface area contributed by atoms with E-state index >= 15 is 0 Å². The maximum Gasteiger partial charge on any atom is 0.471 e. The Bertz CT molecular complexity index is 2170. The van der Waals surface area contributed by atoms with Crippen LogP contribution in [-0.4, -0.2) is 149 Å². The smallest absolute Gasteiger partial charge is 0.379 e. The van der Waals surface area contributed by atoms with E-state index in [1.165, 1.54) is 26.4 Å². The van der Waals surface area contributed by atoms with Gasteiger partial charge in [0.1, 0.15) is 12.1 Å². The van der Waals surface area contributed by atoms with Gasteiger partial charge in [-0.05, 0) is 68.0 Å². The second kappa shape index (κ2) is 26.4. The standard InChI is InChI=1S/C49H74F3N7O10S/c1-13-31(6)42(58(10)47(64)40(29(2)3)55-46(63)41(30(4)5)57(8)9)38(68-11)27-39(60)59-25-17-20-37(59)43(69-12)32(7)44(61)54-36(26-33-18-15-14-16-19-33)45(62)56-70(66,67)35-23-21-34(22-24-35)28-53-48(65)49(50,51)52/h14-16,18-19,21-24,29-32,36-38,40-43H,13,17,20,25-28H2,1-12H3,(H,53,65)(H,54,61)(H,55,63)(H,56,62)/t31-,32+,36-,37-,38+,40-,41?,42-,43+/m0/s1. The summed E-state index contributed by atoms with van der Waals surface area (Å²) in [7, 11) is 3.62. The first kappa shape index (κ1) is 59.2. The lowest BCUT2D eigenvalue weighted by Gasteiger charge is -2.41. The van der Waals surface area contributed by atoms with Gasteiger partial charge in [0.15, 0.2) is 0 Å². The molecule has 1 heterocycles. The molecule has 0 aliphatic carbocycles. The van der Waals surface area contributed by atoms with Crippen molar-refractivity contribution >= 4 is 45.5 Å². The Balaban J connectivity index is 1.82. The zero-order chi connectivity index (χ0) is 52.8. The Kier molecular flexibility index (Phi) is 22.3. The summed E-state index contributed by atoms with van der Waals surface area (Å²) in [4.78, 5) is 86.1. The van der Waals surface area contributed by atoms with Gasteiger partial charge in [-0.15, -0.1) is 0 Å². The Morgan fingerprint density at radius 2 is 1.43 bits per heavy atom. The Hall–Kier alpha value is -5.12. The Morgan fingerprint density at radius 1 is 0.814 bits per heavy atom. The molecule has 0 spiro atoms. The van der Waals surface area contributed by atoms with E-state index < -0.39 is 93.7 Å². The number of nitrogens with one attached hydrogen (secondary N) is 4. The van der Waals surface area contributed by atoms with Crippen molar-refractivity contribution in [3.63, 3.8) is 0 Å². The number of carbonyl (C=O) groups is 6. The summed E-state index contributed by atoms with van der Waals surface area (Å²) in [5, 5.41) is 7.39. The number of ether oxygens (including phenoxy) is 2. The van der Waals surface area contributed by atoms with E-state index in [9.17, 15) is 50.4 Å². The van der Waals surface area contributed by atoms with Crippen LogP contribution in [0.1, 0.15) is 85.3 Å². The minimum Gasteiger partial charge on any atom is -0.379 e. The van der Waals surface area contributed by atoms with Crippen LogP contribution in [0.15, 0.2) is 59.5 Å².